The van der Waals surface area contributed by atoms with Crippen LogP contribution in [-0.4, -0.2) is 51.8 Å². The number of rotatable bonds is 4. The van der Waals surface area contributed by atoms with Crippen molar-refractivity contribution < 1.29 is 4.79 Å². The van der Waals surface area contributed by atoms with Gasteiger partial charge in [0.2, 0.25) is 5.91 Å². The molecular formula is C20H23N5OS. The molecule has 0 unspecified atom stereocenters. The van der Waals surface area contributed by atoms with E-state index in [1.54, 1.807) is 17.5 Å². The number of anilines is 1. The van der Waals surface area contributed by atoms with Crippen LogP contribution in [0.4, 0.5) is 5.69 Å². The Balaban J connectivity index is 1.45. The lowest BCUT2D eigenvalue weighted by Crippen LogP contribution is -2.49. The molecule has 1 aliphatic heterocycles. The number of hydrogen-bond acceptors (Lipinski definition) is 5. The Morgan fingerprint density at radius 3 is 2.59 bits per heavy atom. The van der Waals surface area contributed by atoms with E-state index in [-0.39, 0.29) is 5.91 Å². The maximum Gasteiger partial charge on any atom is 0.227 e. The number of nitrogens with zero attached hydrogens (tertiary/aromatic N) is 5. The van der Waals surface area contributed by atoms with Crippen molar-refractivity contribution in [2.24, 2.45) is 0 Å². The van der Waals surface area contributed by atoms with Crippen LogP contribution in [0.15, 0.2) is 41.9 Å². The fourth-order valence-corrected chi connectivity index (χ4v) is 4.34. The van der Waals surface area contributed by atoms with Gasteiger partial charge < -0.3 is 9.80 Å². The summed E-state index contributed by atoms with van der Waals surface area (Å²) in [6.07, 6.45) is 2.29. The third-order valence-corrected chi connectivity index (χ3v) is 5.85. The molecule has 1 saturated heterocycles. The number of carbonyl (C=O) groups is 1. The molecule has 4 rings (SSSR count). The van der Waals surface area contributed by atoms with E-state index in [0.29, 0.717) is 6.42 Å². The predicted molar refractivity (Wildman–Crippen MR) is 108 cm³/mol. The fraction of sp³-hybridized carbons (Fsp3) is 0.350. The standard InChI is InChI=1S/C20H23N5OS/c1-15-20(16(2)25(22-15)18-7-3-4-8-21-18)24-11-9-23(10-12-24)19(26)14-17-6-5-13-27-17/h3-8,13H,9-12,14H2,1-2H3. The highest BCUT2D eigenvalue weighted by Gasteiger charge is 2.25. The van der Waals surface area contributed by atoms with Crippen molar-refractivity contribution in [3.8, 4) is 5.82 Å². The summed E-state index contributed by atoms with van der Waals surface area (Å²) in [4.78, 5) is 22.4. The second-order valence-corrected chi connectivity index (χ2v) is 7.78. The van der Waals surface area contributed by atoms with Gasteiger partial charge in [-0.05, 0) is 37.4 Å². The molecule has 0 radical (unpaired) electrons. The zero-order chi connectivity index (χ0) is 18.8. The Hall–Kier alpha value is -2.67. The van der Waals surface area contributed by atoms with Gasteiger partial charge >= 0.3 is 0 Å². The minimum Gasteiger partial charge on any atom is -0.365 e. The topological polar surface area (TPSA) is 54.3 Å². The SMILES string of the molecule is Cc1nn(-c2ccccn2)c(C)c1N1CCN(C(=O)Cc2cccs2)CC1. The number of aromatic nitrogens is 3. The first-order valence-corrected chi connectivity index (χ1v) is 10.0. The van der Waals surface area contributed by atoms with Gasteiger partial charge in [-0.25, -0.2) is 9.67 Å². The normalized spacial score (nSPS) is 14.6. The van der Waals surface area contributed by atoms with E-state index in [9.17, 15) is 4.79 Å². The largest absolute Gasteiger partial charge is 0.365 e. The Bertz CT molecular complexity index is 912. The minimum absolute atomic E-state index is 0.217. The third kappa shape index (κ3) is 3.60. The Labute approximate surface area is 163 Å². The molecule has 0 bridgehead atoms. The van der Waals surface area contributed by atoms with Crippen molar-refractivity contribution in [1.82, 2.24) is 19.7 Å². The fourth-order valence-electron chi connectivity index (χ4n) is 3.65. The average Bonchev–Trinajstić information content (AvgIpc) is 3.30. The monoisotopic (exact) mass is 381 g/mol. The first kappa shape index (κ1) is 17.7. The van der Waals surface area contributed by atoms with Gasteiger partial charge in [-0.2, -0.15) is 5.10 Å². The maximum absolute atomic E-state index is 12.5. The molecule has 1 amide bonds. The van der Waals surface area contributed by atoms with E-state index in [1.807, 2.05) is 52.2 Å². The highest BCUT2D eigenvalue weighted by atomic mass is 32.1. The summed E-state index contributed by atoms with van der Waals surface area (Å²) >= 11 is 1.64. The van der Waals surface area contributed by atoms with Crippen molar-refractivity contribution >= 4 is 22.9 Å². The maximum atomic E-state index is 12.5. The lowest BCUT2D eigenvalue weighted by molar-refractivity contribution is -0.130. The van der Waals surface area contributed by atoms with E-state index < -0.39 is 0 Å². The minimum atomic E-state index is 0.217. The smallest absolute Gasteiger partial charge is 0.227 e. The molecule has 3 aromatic rings. The molecule has 0 saturated carbocycles. The summed E-state index contributed by atoms with van der Waals surface area (Å²) < 4.78 is 1.90. The number of piperazine rings is 1. The van der Waals surface area contributed by atoms with Crippen LogP contribution in [0.1, 0.15) is 16.3 Å². The summed E-state index contributed by atoms with van der Waals surface area (Å²) in [6, 6.07) is 9.86. The van der Waals surface area contributed by atoms with E-state index >= 15 is 0 Å². The Morgan fingerprint density at radius 2 is 1.93 bits per heavy atom. The van der Waals surface area contributed by atoms with Crippen molar-refractivity contribution in [1.29, 1.82) is 0 Å². The molecule has 3 aromatic heterocycles. The summed E-state index contributed by atoms with van der Waals surface area (Å²) in [5.74, 6) is 1.05. The van der Waals surface area contributed by atoms with Crippen LogP contribution in [0.25, 0.3) is 5.82 Å². The Morgan fingerprint density at radius 1 is 1.11 bits per heavy atom. The molecule has 140 valence electrons. The van der Waals surface area contributed by atoms with Crippen LogP contribution >= 0.6 is 11.3 Å². The molecular weight excluding hydrogens is 358 g/mol. The van der Waals surface area contributed by atoms with E-state index in [1.165, 1.54) is 0 Å². The average molecular weight is 382 g/mol. The molecule has 1 fully saturated rings. The molecule has 0 aromatic carbocycles. The van der Waals surface area contributed by atoms with Crippen LogP contribution in [0.3, 0.4) is 0 Å². The number of amides is 1. The van der Waals surface area contributed by atoms with Gasteiger partial charge in [0.25, 0.3) is 0 Å². The van der Waals surface area contributed by atoms with Crippen LogP contribution < -0.4 is 4.90 Å². The lowest BCUT2D eigenvalue weighted by Gasteiger charge is -2.36. The third-order valence-electron chi connectivity index (χ3n) is 4.97. The molecule has 4 heterocycles. The van der Waals surface area contributed by atoms with Crippen molar-refractivity contribution in [3.63, 3.8) is 0 Å². The molecule has 0 aliphatic carbocycles. The summed E-state index contributed by atoms with van der Waals surface area (Å²) in [5.41, 5.74) is 3.24. The van der Waals surface area contributed by atoms with Gasteiger partial charge in [-0.3, -0.25) is 4.79 Å². The van der Waals surface area contributed by atoms with E-state index in [0.717, 1.165) is 53.9 Å². The molecule has 1 aliphatic rings. The van der Waals surface area contributed by atoms with Gasteiger partial charge in [-0.15, -0.1) is 11.3 Å². The van der Waals surface area contributed by atoms with Gasteiger partial charge in [0.1, 0.15) is 0 Å². The van der Waals surface area contributed by atoms with E-state index in [4.69, 9.17) is 5.10 Å². The first-order valence-electron chi connectivity index (χ1n) is 9.16. The molecule has 27 heavy (non-hydrogen) atoms. The van der Waals surface area contributed by atoms with E-state index in [2.05, 4.69) is 16.8 Å². The van der Waals surface area contributed by atoms with Crippen LogP contribution in [0.5, 0.6) is 0 Å². The summed E-state index contributed by atoms with van der Waals surface area (Å²) in [7, 11) is 0. The predicted octanol–water partition coefficient (Wildman–Crippen LogP) is 2.84. The van der Waals surface area contributed by atoms with Crippen molar-refractivity contribution in [2.75, 3.05) is 31.1 Å². The summed E-state index contributed by atoms with van der Waals surface area (Å²) in [6.45, 7) is 7.27. The quantitative estimate of drug-likeness (QED) is 0.697. The lowest BCUT2D eigenvalue weighted by atomic mass is 10.2. The van der Waals surface area contributed by atoms with Crippen LogP contribution in [0, 0.1) is 13.8 Å². The first-order chi connectivity index (χ1) is 13.1. The Kier molecular flexibility index (Phi) is 4.94. The van der Waals surface area contributed by atoms with Gasteiger partial charge in [0.05, 0.1) is 23.5 Å². The van der Waals surface area contributed by atoms with Crippen LogP contribution in [0.2, 0.25) is 0 Å². The molecule has 7 heteroatoms. The summed E-state index contributed by atoms with van der Waals surface area (Å²) in [5, 5.41) is 6.71. The molecule has 0 spiro atoms. The number of thiophene rings is 1. The highest BCUT2D eigenvalue weighted by molar-refractivity contribution is 7.10. The zero-order valence-corrected chi connectivity index (χ0v) is 16.4. The second-order valence-electron chi connectivity index (χ2n) is 6.74. The second kappa shape index (κ2) is 7.52. The van der Waals surface area contributed by atoms with Crippen molar-refractivity contribution in [3.05, 3.63) is 58.2 Å². The van der Waals surface area contributed by atoms with Gasteiger partial charge in [0.15, 0.2) is 5.82 Å². The molecule has 6 nitrogen and oxygen atoms in total. The van der Waals surface area contributed by atoms with Crippen LogP contribution in [-0.2, 0) is 11.2 Å². The number of aryl methyl sites for hydroxylation is 1. The number of hydrogen-bond donors (Lipinski definition) is 0. The number of pyridine rings is 1. The highest BCUT2D eigenvalue weighted by Crippen LogP contribution is 2.27. The molecule has 0 N–H and O–H groups in total. The van der Waals surface area contributed by atoms with Gasteiger partial charge in [-0.1, -0.05) is 12.1 Å². The molecule has 0 atom stereocenters. The zero-order valence-electron chi connectivity index (χ0n) is 15.6. The van der Waals surface area contributed by atoms with Gasteiger partial charge in [0, 0.05) is 37.3 Å². The number of carbonyl (C=O) groups excluding carboxylic acids is 1. The van der Waals surface area contributed by atoms with Crippen molar-refractivity contribution in [2.45, 2.75) is 20.3 Å².